The second-order valence-corrected chi connectivity index (χ2v) is 8.14. The Hall–Kier alpha value is -3.39. The Bertz CT molecular complexity index is 1150. The van der Waals surface area contributed by atoms with Crippen molar-refractivity contribution in [3.05, 3.63) is 98.4 Å². The highest BCUT2D eigenvalue weighted by atomic mass is 32.1. The molecular weight excluding hydrogens is 437 g/mol. The minimum Gasteiger partial charge on any atom is -0.347 e. The molecule has 1 aromatic heterocycles. The number of hydrogen-bond donors (Lipinski definition) is 2. The van der Waals surface area contributed by atoms with Crippen LogP contribution in [0.2, 0.25) is 0 Å². The maximum atomic E-state index is 13.2. The lowest BCUT2D eigenvalue weighted by molar-refractivity contribution is -0.138. The molecular formula is C24H21F3N2O2S. The van der Waals surface area contributed by atoms with Crippen molar-refractivity contribution in [2.45, 2.75) is 26.6 Å². The second kappa shape index (κ2) is 9.82. The molecule has 2 amide bonds. The van der Waals surface area contributed by atoms with Crippen molar-refractivity contribution in [1.29, 1.82) is 0 Å². The van der Waals surface area contributed by atoms with E-state index in [1.54, 1.807) is 30.3 Å². The number of halogens is 3. The Morgan fingerprint density at radius 3 is 2.41 bits per heavy atom. The van der Waals surface area contributed by atoms with Gasteiger partial charge in [-0.2, -0.15) is 13.2 Å². The lowest BCUT2D eigenvalue weighted by Crippen LogP contribution is -2.35. The monoisotopic (exact) mass is 458 g/mol. The van der Waals surface area contributed by atoms with Crippen molar-refractivity contribution in [3.63, 3.8) is 0 Å². The SMILES string of the molecule is Cc1ccc(C(=O)NC(=Cc2cccs2)C(=O)NCc2ccccc2C(F)(F)F)cc1C. The predicted octanol–water partition coefficient (Wildman–Crippen LogP) is 5.47. The number of amides is 2. The first-order valence-corrected chi connectivity index (χ1v) is 10.6. The van der Waals surface area contributed by atoms with E-state index < -0.39 is 23.6 Å². The first-order chi connectivity index (χ1) is 15.1. The number of carbonyl (C=O) groups is 2. The van der Waals surface area contributed by atoms with Crippen molar-refractivity contribution in [1.82, 2.24) is 10.6 Å². The molecule has 0 aliphatic rings. The third kappa shape index (κ3) is 5.85. The van der Waals surface area contributed by atoms with Gasteiger partial charge >= 0.3 is 6.18 Å². The molecule has 3 rings (SSSR count). The van der Waals surface area contributed by atoms with E-state index in [1.807, 2.05) is 19.2 Å². The Labute approximate surface area is 187 Å². The molecule has 4 nitrogen and oxygen atoms in total. The van der Waals surface area contributed by atoms with Crippen LogP contribution in [0.3, 0.4) is 0 Å². The van der Waals surface area contributed by atoms with Gasteiger partial charge in [0.1, 0.15) is 5.70 Å². The Morgan fingerprint density at radius 2 is 1.75 bits per heavy atom. The van der Waals surface area contributed by atoms with Gasteiger partial charge in [-0.25, -0.2) is 0 Å². The fraction of sp³-hybridized carbons (Fsp3) is 0.167. The molecule has 0 saturated carbocycles. The van der Waals surface area contributed by atoms with Crippen LogP contribution in [0.4, 0.5) is 13.2 Å². The maximum absolute atomic E-state index is 13.2. The number of alkyl halides is 3. The fourth-order valence-electron chi connectivity index (χ4n) is 2.97. The molecule has 166 valence electrons. The summed E-state index contributed by atoms with van der Waals surface area (Å²) < 4.78 is 39.7. The molecule has 0 saturated heterocycles. The van der Waals surface area contributed by atoms with Gasteiger partial charge in [-0.3, -0.25) is 9.59 Å². The molecule has 2 N–H and O–H groups in total. The number of thiophene rings is 1. The minimum atomic E-state index is -4.53. The number of aryl methyl sites for hydroxylation is 2. The number of benzene rings is 2. The summed E-state index contributed by atoms with van der Waals surface area (Å²) in [7, 11) is 0. The highest BCUT2D eigenvalue weighted by Gasteiger charge is 2.32. The zero-order chi connectivity index (χ0) is 23.3. The van der Waals surface area contributed by atoms with Crippen molar-refractivity contribution in [3.8, 4) is 0 Å². The van der Waals surface area contributed by atoms with Gasteiger partial charge in [-0.05, 0) is 66.3 Å². The lowest BCUT2D eigenvalue weighted by Gasteiger charge is -2.15. The third-order valence-electron chi connectivity index (χ3n) is 4.85. The van der Waals surface area contributed by atoms with Crippen molar-refractivity contribution >= 4 is 29.2 Å². The average molecular weight is 459 g/mol. The van der Waals surface area contributed by atoms with Crippen molar-refractivity contribution < 1.29 is 22.8 Å². The van der Waals surface area contributed by atoms with E-state index >= 15 is 0 Å². The topological polar surface area (TPSA) is 58.2 Å². The molecule has 0 atom stereocenters. The van der Waals surface area contributed by atoms with Crippen LogP contribution >= 0.6 is 11.3 Å². The number of hydrogen-bond acceptors (Lipinski definition) is 3. The summed E-state index contributed by atoms with van der Waals surface area (Å²) in [4.78, 5) is 26.3. The largest absolute Gasteiger partial charge is 0.416 e. The zero-order valence-electron chi connectivity index (χ0n) is 17.4. The van der Waals surface area contributed by atoms with Gasteiger partial charge in [-0.15, -0.1) is 11.3 Å². The molecule has 0 aliphatic carbocycles. The Morgan fingerprint density at radius 1 is 1.00 bits per heavy atom. The van der Waals surface area contributed by atoms with E-state index in [0.717, 1.165) is 17.2 Å². The smallest absolute Gasteiger partial charge is 0.347 e. The first-order valence-electron chi connectivity index (χ1n) is 9.72. The minimum absolute atomic E-state index is 0.0554. The second-order valence-electron chi connectivity index (χ2n) is 7.16. The molecule has 8 heteroatoms. The van der Waals surface area contributed by atoms with Crippen LogP contribution in [-0.2, 0) is 17.5 Å². The quantitative estimate of drug-likeness (QED) is 0.481. The molecule has 0 unspecified atom stereocenters. The Balaban J connectivity index is 1.81. The predicted molar refractivity (Wildman–Crippen MR) is 119 cm³/mol. The van der Waals surface area contributed by atoms with Crippen LogP contribution in [0.15, 0.2) is 65.7 Å². The molecule has 0 bridgehead atoms. The fourth-order valence-corrected chi connectivity index (χ4v) is 3.63. The molecule has 2 aromatic carbocycles. The summed E-state index contributed by atoms with van der Waals surface area (Å²) in [5, 5.41) is 6.89. The van der Waals surface area contributed by atoms with Crippen molar-refractivity contribution in [2.24, 2.45) is 0 Å². The van der Waals surface area contributed by atoms with Crippen LogP contribution in [0.25, 0.3) is 6.08 Å². The van der Waals surface area contributed by atoms with Gasteiger partial charge in [0.15, 0.2) is 0 Å². The van der Waals surface area contributed by atoms with Crippen LogP contribution in [0.5, 0.6) is 0 Å². The summed E-state index contributed by atoms with van der Waals surface area (Å²) in [6, 6.07) is 13.8. The van der Waals surface area contributed by atoms with Crippen LogP contribution in [0, 0.1) is 13.8 Å². The standard InChI is InChI=1S/C24H21F3N2O2S/c1-15-9-10-17(12-16(15)2)22(30)29-21(13-19-7-5-11-32-19)23(31)28-14-18-6-3-4-8-20(18)24(25,26)27/h3-13H,14H2,1-2H3,(H,28,31)(H,29,30). The molecule has 0 aliphatic heterocycles. The van der Waals surface area contributed by atoms with Gasteiger partial charge in [0.05, 0.1) is 5.56 Å². The van der Waals surface area contributed by atoms with Gasteiger partial charge in [0.25, 0.3) is 11.8 Å². The van der Waals surface area contributed by atoms with Gasteiger partial charge in [0.2, 0.25) is 0 Å². The third-order valence-corrected chi connectivity index (χ3v) is 5.67. The molecule has 32 heavy (non-hydrogen) atoms. The van der Waals surface area contributed by atoms with E-state index in [2.05, 4.69) is 10.6 Å². The molecule has 1 heterocycles. The summed E-state index contributed by atoms with van der Waals surface area (Å²) in [5.41, 5.74) is 1.39. The highest BCUT2D eigenvalue weighted by Crippen LogP contribution is 2.31. The van der Waals surface area contributed by atoms with Gasteiger partial charge in [0, 0.05) is 17.0 Å². The summed E-state index contributed by atoms with van der Waals surface area (Å²) in [5.74, 6) is -1.17. The number of nitrogens with one attached hydrogen (secondary N) is 2. The summed E-state index contributed by atoms with van der Waals surface area (Å²) in [6.45, 7) is 3.46. The lowest BCUT2D eigenvalue weighted by atomic mass is 10.1. The first kappa shape index (κ1) is 23.3. The van der Waals surface area contributed by atoms with E-state index in [0.29, 0.717) is 10.4 Å². The van der Waals surface area contributed by atoms with Crippen LogP contribution in [0.1, 0.15) is 37.5 Å². The summed E-state index contributed by atoms with van der Waals surface area (Å²) >= 11 is 1.36. The molecule has 3 aromatic rings. The van der Waals surface area contributed by atoms with E-state index in [9.17, 15) is 22.8 Å². The number of rotatable bonds is 6. The number of carbonyl (C=O) groups excluding carboxylic acids is 2. The van der Waals surface area contributed by atoms with Crippen LogP contribution in [-0.4, -0.2) is 11.8 Å². The average Bonchev–Trinajstić information content (AvgIpc) is 3.26. The maximum Gasteiger partial charge on any atom is 0.416 e. The molecule has 0 radical (unpaired) electrons. The Kier molecular flexibility index (Phi) is 7.15. The van der Waals surface area contributed by atoms with E-state index in [-0.39, 0.29) is 17.8 Å². The zero-order valence-corrected chi connectivity index (χ0v) is 18.2. The van der Waals surface area contributed by atoms with Crippen LogP contribution < -0.4 is 10.6 Å². The van der Waals surface area contributed by atoms with Crippen molar-refractivity contribution in [2.75, 3.05) is 0 Å². The van der Waals surface area contributed by atoms with E-state index in [1.165, 1.54) is 35.6 Å². The normalized spacial score (nSPS) is 11.8. The summed E-state index contributed by atoms with van der Waals surface area (Å²) in [6.07, 6.45) is -3.04. The van der Waals surface area contributed by atoms with Gasteiger partial charge in [-0.1, -0.05) is 30.3 Å². The molecule has 0 fully saturated rings. The highest BCUT2D eigenvalue weighted by molar-refractivity contribution is 7.10. The van der Waals surface area contributed by atoms with E-state index in [4.69, 9.17) is 0 Å². The van der Waals surface area contributed by atoms with Gasteiger partial charge < -0.3 is 10.6 Å². The molecule has 0 spiro atoms.